The van der Waals surface area contributed by atoms with Crippen LogP contribution in [-0.4, -0.2) is 31.8 Å². The van der Waals surface area contributed by atoms with Crippen molar-refractivity contribution in [2.75, 3.05) is 24.6 Å². The number of nitrogens with zero attached hydrogens (tertiary/aromatic N) is 1. The van der Waals surface area contributed by atoms with Crippen molar-refractivity contribution < 1.29 is 14.3 Å². The normalized spacial score (nSPS) is 13.4. The molecule has 0 bridgehead atoms. The van der Waals surface area contributed by atoms with Gasteiger partial charge in [-0.2, -0.15) is 0 Å². The molecule has 6 heteroatoms. The zero-order valence-electron chi connectivity index (χ0n) is 20.2. The van der Waals surface area contributed by atoms with E-state index in [2.05, 4.69) is 50.4 Å². The van der Waals surface area contributed by atoms with E-state index in [4.69, 9.17) is 9.47 Å². The minimum Gasteiger partial charge on any atom is -0.445 e. The number of fused-ring (bicyclic) bond motifs is 1. The molecule has 0 aliphatic carbocycles. The molecule has 1 N–H and O–H groups in total. The molecule has 5 nitrogen and oxygen atoms in total. The Balaban J connectivity index is 1.22. The molecule has 1 atom stereocenters. The fraction of sp³-hybridized carbons (Fsp3) is 0.345. The van der Waals surface area contributed by atoms with Crippen LogP contribution in [0.15, 0.2) is 77.3 Å². The maximum absolute atomic E-state index is 12.2. The minimum absolute atomic E-state index is 0.0255. The van der Waals surface area contributed by atoms with Gasteiger partial charge in [0.05, 0.1) is 12.3 Å². The van der Waals surface area contributed by atoms with Gasteiger partial charge < -0.3 is 19.7 Å². The van der Waals surface area contributed by atoms with Crippen LogP contribution in [0.2, 0.25) is 0 Å². The second-order valence-corrected chi connectivity index (χ2v) is 9.88. The average Bonchev–Trinajstić information content (AvgIpc) is 3.27. The lowest BCUT2D eigenvalue weighted by atomic mass is 10.0. The van der Waals surface area contributed by atoms with Crippen molar-refractivity contribution in [2.24, 2.45) is 0 Å². The molecule has 1 aliphatic rings. The summed E-state index contributed by atoms with van der Waals surface area (Å²) in [7, 11) is 0. The van der Waals surface area contributed by atoms with E-state index in [-0.39, 0.29) is 18.7 Å². The van der Waals surface area contributed by atoms with Gasteiger partial charge in [0.1, 0.15) is 6.61 Å². The molecule has 1 heterocycles. The van der Waals surface area contributed by atoms with Crippen LogP contribution in [0.3, 0.4) is 0 Å². The number of carbonyl (C=O) groups is 1. The largest absolute Gasteiger partial charge is 0.445 e. The summed E-state index contributed by atoms with van der Waals surface area (Å²) in [4.78, 5) is 14.6. The van der Waals surface area contributed by atoms with Crippen molar-refractivity contribution in [3.63, 3.8) is 0 Å². The van der Waals surface area contributed by atoms with Gasteiger partial charge in [-0.1, -0.05) is 66.7 Å². The molecule has 0 fully saturated rings. The number of anilines is 1. The molecule has 35 heavy (non-hydrogen) atoms. The van der Waals surface area contributed by atoms with E-state index in [9.17, 15) is 4.79 Å². The molecule has 3 aromatic rings. The quantitative estimate of drug-likeness (QED) is 0.293. The van der Waals surface area contributed by atoms with E-state index < -0.39 is 0 Å². The van der Waals surface area contributed by atoms with Crippen molar-refractivity contribution >= 4 is 27.7 Å². The van der Waals surface area contributed by atoms with Gasteiger partial charge in [0.25, 0.3) is 0 Å². The van der Waals surface area contributed by atoms with Gasteiger partial charge in [-0.3, -0.25) is 0 Å². The first-order valence-electron chi connectivity index (χ1n) is 12.2. The average molecular weight is 537 g/mol. The highest BCUT2D eigenvalue weighted by atomic mass is 79.9. The van der Waals surface area contributed by atoms with E-state index in [1.165, 1.54) is 22.4 Å². The van der Waals surface area contributed by atoms with Crippen LogP contribution >= 0.6 is 15.9 Å². The number of nitrogens with one attached hydrogen (secondary N) is 1. The summed E-state index contributed by atoms with van der Waals surface area (Å²) < 4.78 is 12.3. The first kappa shape index (κ1) is 25.3. The molecule has 184 valence electrons. The second kappa shape index (κ2) is 12.8. The maximum Gasteiger partial charge on any atom is 0.407 e. The van der Waals surface area contributed by atoms with Gasteiger partial charge in [0.15, 0.2) is 0 Å². The summed E-state index contributed by atoms with van der Waals surface area (Å²) >= 11 is 3.80. The van der Waals surface area contributed by atoms with Crippen molar-refractivity contribution in [3.05, 3.63) is 99.5 Å². The van der Waals surface area contributed by atoms with Crippen LogP contribution < -0.4 is 10.2 Å². The number of hydrogen-bond donors (Lipinski definition) is 1. The summed E-state index contributed by atoms with van der Waals surface area (Å²) in [5.41, 5.74) is 6.05. The van der Waals surface area contributed by atoms with Gasteiger partial charge in [-0.05, 0) is 70.4 Å². The highest BCUT2D eigenvalue weighted by Crippen LogP contribution is 2.37. The Morgan fingerprint density at radius 3 is 2.40 bits per heavy atom. The van der Waals surface area contributed by atoms with Crippen LogP contribution in [0.4, 0.5) is 10.5 Å². The molecule has 4 rings (SSSR count). The molecular weight excluding hydrogens is 504 g/mol. The number of benzene rings is 3. The minimum atomic E-state index is -0.387. The fourth-order valence-corrected chi connectivity index (χ4v) is 5.26. The number of amides is 1. The monoisotopic (exact) mass is 536 g/mol. The third kappa shape index (κ3) is 7.58. The molecule has 0 spiro atoms. The third-order valence-electron chi connectivity index (χ3n) is 6.12. The third-order valence-corrected chi connectivity index (χ3v) is 6.72. The predicted octanol–water partition coefficient (Wildman–Crippen LogP) is 6.28. The number of ether oxygens (including phenoxy) is 2. The number of halogens is 1. The fourth-order valence-electron chi connectivity index (χ4n) is 4.46. The molecule has 3 aromatic carbocycles. The predicted molar refractivity (Wildman–Crippen MR) is 144 cm³/mol. The van der Waals surface area contributed by atoms with E-state index in [0.29, 0.717) is 6.61 Å². The van der Waals surface area contributed by atoms with Crippen LogP contribution in [0.25, 0.3) is 0 Å². The van der Waals surface area contributed by atoms with E-state index in [0.717, 1.165) is 49.0 Å². The SMILES string of the molecule is C[C@H](Cc1cc(Br)c2c(c1)CCN2CCCOCc1ccccc1)NC(=O)OCc1ccccc1. The molecule has 0 saturated carbocycles. The molecule has 0 aromatic heterocycles. The lowest BCUT2D eigenvalue weighted by molar-refractivity contribution is 0.119. The molecule has 0 unspecified atom stereocenters. The lowest BCUT2D eigenvalue weighted by Gasteiger charge is -2.21. The Labute approximate surface area is 216 Å². The van der Waals surface area contributed by atoms with Gasteiger partial charge >= 0.3 is 6.09 Å². The van der Waals surface area contributed by atoms with Crippen molar-refractivity contribution in [1.29, 1.82) is 0 Å². The summed E-state index contributed by atoms with van der Waals surface area (Å²) in [6.45, 7) is 5.70. The highest BCUT2D eigenvalue weighted by molar-refractivity contribution is 9.10. The summed E-state index contributed by atoms with van der Waals surface area (Å²) in [5.74, 6) is 0. The summed E-state index contributed by atoms with van der Waals surface area (Å²) in [6, 6.07) is 24.4. The Kier molecular flexibility index (Phi) is 9.21. The topological polar surface area (TPSA) is 50.8 Å². The first-order chi connectivity index (χ1) is 17.1. The van der Waals surface area contributed by atoms with E-state index in [1.807, 2.05) is 55.5 Å². The van der Waals surface area contributed by atoms with Crippen molar-refractivity contribution in [3.8, 4) is 0 Å². The Hall–Kier alpha value is -2.83. The van der Waals surface area contributed by atoms with Gasteiger partial charge in [0, 0.05) is 30.2 Å². The van der Waals surface area contributed by atoms with Crippen LogP contribution in [0.1, 0.15) is 35.6 Å². The molecule has 0 radical (unpaired) electrons. The maximum atomic E-state index is 12.2. The first-order valence-corrected chi connectivity index (χ1v) is 13.0. The lowest BCUT2D eigenvalue weighted by Crippen LogP contribution is -2.34. The summed E-state index contributed by atoms with van der Waals surface area (Å²) in [6.07, 6.45) is 2.39. The van der Waals surface area contributed by atoms with Gasteiger partial charge in [0.2, 0.25) is 0 Å². The number of carbonyl (C=O) groups excluding carboxylic acids is 1. The van der Waals surface area contributed by atoms with Crippen molar-refractivity contribution in [2.45, 2.75) is 45.4 Å². The van der Waals surface area contributed by atoms with Gasteiger partial charge in [-0.15, -0.1) is 0 Å². The number of hydrogen-bond acceptors (Lipinski definition) is 4. The van der Waals surface area contributed by atoms with Crippen LogP contribution in [0.5, 0.6) is 0 Å². The number of alkyl carbamates (subject to hydrolysis) is 1. The molecular formula is C29H33BrN2O3. The van der Waals surface area contributed by atoms with Crippen LogP contribution in [0, 0.1) is 0 Å². The smallest absolute Gasteiger partial charge is 0.407 e. The second-order valence-electron chi connectivity index (χ2n) is 9.03. The van der Waals surface area contributed by atoms with Crippen LogP contribution in [-0.2, 0) is 35.5 Å². The Bertz CT molecular complexity index is 1090. The molecule has 1 aliphatic heterocycles. The van der Waals surface area contributed by atoms with Crippen molar-refractivity contribution in [1.82, 2.24) is 5.32 Å². The molecule has 1 amide bonds. The zero-order valence-corrected chi connectivity index (χ0v) is 21.8. The standard InChI is InChI=1S/C29H33BrN2O3/c1-22(31-29(33)35-21-24-11-6-3-7-12-24)17-25-18-26-13-15-32(28(26)27(30)19-25)14-8-16-34-20-23-9-4-2-5-10-23/h2-7,9-12,18-19,22H,8,13-17,20-21H2,1H3,(H,31,33)/t22-/m1/s1. The summed E-state index contributed by atoms with van der Waals surface area (Å²) in [5, 5.41) is 2.95. The zero-order chi connectivity index (χ0) is 24.5. The number of rotatable bonds is 11. The van der Waals surface area contributed by atoms with E-state index in [1.54, 1.807) is 0 Å². The Morgan fingerprint density at radius 1 is 1.00 bits per heavy atom. The highest BCUT2D eigenvalue weighted by Gasteiger charge is 2.23. The van der Waals surface area contributed by atoms with Gasteiger partial charge in [-0.25, -0.2) is 4.79 Å². The Morgan fingerprint density at radius 2 is 1.69 bits per heavy atom. The molecule has 0 saturated heterocycles. The van der Waals surface area contributed by atoms with E-state index >= 15 is 0 Å².